The minimum Gasteiger partial charge on any atom is -0.352 e. The van der Waals surface area contributed by atoms with E-state index in [0.29, 0.717) is 30.7 Å². The zero-order valence-corrected chi connectivity index (χ0v) is 10.6. The van der Waals surface area contributed by atoms with Crippen LogP contribution in [-0.4, -0.2) is 5.91 Å². The predicted octanol–water partition coefficient (Wildman–Crippen LogP) is 2.99. The lowest BCUT2D eigenvalue weighted by Crippen LogP contribution is -2.37. The Morgan fingerprint density at radius 1 is 1.24 bits per heavy atom. The molecule has 0 heterocycles. The Labute approximate surface area is 103 Å². The van der Waals surface area contributed by atoms with Gasteiger partial charge >= 0.3 is 0 Å². The fraction of sp³-hybridized carbons (Fsp3) is 0.533. The Kier molecular flexibility index (Phi) is 3.82. The fourth-order valence-electron chi connectivity index (χ4n) is 2.79. The van der Waals surface area contributed by atoms with Gasteiger partial charge in [0.05, 0.1) is 0 Å². The van der Waals surface area contributed by atoms with Gasteiger partial charge in [-0.25, -0.2) is 0 Å². The molecule has 0 aliphatic heterocycles. The van der Waals surface area contributed by atoms with Gasteiger partial charge in [-0.15, -0.1) is 0 Å². The minimum absolute atomic E-state index is 0.192. The van der Waals surface area contributed by atoms with Crippen LogP contribution >= 0.6 is 0 Å². The van der Waals surface area contributed by atoms with E-state index in [4.69, 9.17) is 0 Å². The Hall–Kier alpha value is -1.31. The van der Waals surface area contributed by atoms with E-state index in [0.717, 1.165) is 5.56 Å². The Morgan fingerprint density at radius 2 is 1.88 bits per heavy atom. The molecule has 1 aromatic carbocycles. The van der Waals surface area contributed by atoms with Crippen LogP contribution in [0.15, 0.2) is 30.3 Å². The van der Waals surface area contributed by atoms with Gasteiger partial charge in [-0.2, -0.15) is 0 Å². The highest BCUT2D eigenvalue weighted by molar-refractivity contribution is 5.76. The van der Waals surface area contributed by atoms with E-state index >= 15 is 0 Å². The van der Waals surface area contributed by atoms with Gasteiger partial charge in [0.15, 0.2) is 0 Å². The zero-order chi connectivity index (χ0) is 12.3. The molecule has 0 radical (unpaired) electrons. The van der Waals surface area contributed by atoms with Crippen molar-refractivity contribution >= 4 is 5.91 Å². The number of hydrogen-bond donors (Lipinski definition) is 1. The highest BCUT2D eigenvalue weighted by Gasteiger charge is 2.35. The van der Waals surface area contributed by atoms with Crippen molar-refractivity contribution < 1.29 is 4.79 Å². The lowest BCUT2D eigenvalue weighted by Gasteiger charge is -2.40. The first kappa shape index (κ1) is 12.2. The molecule has 0 saturated heterocycles. The van der Waals surface area contributed by atoms with Gasteiger partial charge < -0.3 is 5.32 Å². The van der Waals surface area contributed by atoms with Crippen molar-refractivity contribution in [3.05, 3.63) is 35.9 Å². The van der Waals surface area contributed by atoms with Gasteiger partial charge in [0.2, 0.25) is 5.91 Å². The number of nitrogens with one attached hydrogen (secondary N) is 1. The molecule has 2 heteroatoms. The maximum Gasteiger partial charge on any atom is 0.220 e. The summed E-state index contributed by atoms with van der Waals surface area (Å²) in [5, 5.41) is 3.00. The SMILES string of the molecule is CC1CC(C)C1CC(=O)NCc1ccccc1. The Balaban J connectivity index is 1.75. The lowest BCUT2D eigenvalue weighted by molar-refractivity contribution is -0.124. The highest BCUT2D eigenvalue weighted by Crippen LogP contribution is 2.41. The molecular weight excluding hydrogens is 210 g/mol. The molecule has 2 rings (SSSR count). The first-order chi connectivity index (χ1) is 8.16. The van der Waals surface area contributed by atoms with Crippen molar-refractivity contribution in [1.82, 2.24) is 5.32 Å². The summed E-state index contributed by atoms with van der Waals surface area (Å²) in [6, 6.07) is 10.1. The van der Waals surface area contributed by atoms with Crippen molar-refractivity contribution in [2.45, 2.75) is 33.2 Å². The second kappa shape index (κ2) is 5.35. The molecule has 92 valence electrons. The van der Waals surface area contributed by atoms with Gasteiger partial charge in [0.25, 0.3) is 0 Å². The van der Waals surface area contributed by atoms with Crippen molar-refractivity contribution in [1.29, 1.82) is 0 Å². The third-order valence-electron chi connectivity index (χ3n) is 3.96. The fourth-order valence-corrected chi connectivity index (χ4v) is 2.79. The van der Waals surface area contributed by atoms with Crippen molar-refractivity contribution in [2.24, 2.45) is 17.8 Å². The maximum absolute atomic E-state index is 11.8. The van der Waals surface area contributed by atoms with E-state index < -0.39 is 0 Å². The molecule has 1 fully saturated rings. The van der Waals surface area contributed by atoms with Crippen LogP contribution in [0.5, 0.6) is 0 Å². The van der Waals surface area contributed by atoms with Crippen LogP contribution in [-0.2, 0) is 11.3 Å². The summed E-state index contributed by atoms with van der Waals surface area (Å²) < 4.78 is 0. The molecule has 1 aliphatic carbocycles. The van der Waals surface area contributed by atoms with Crippen molar-refractivity contribution in [3.63, 3.8) is 0 Å². The van der Waals surface area contributed by atoms with E-state index in [1.807, 2.05) is 30.3 Å². The van der Waals surface area contributed by atoms with Gasteiger partial charge in [-0.3, -0.25) is 4.79 Å². The topological polar surface area (TPSA) is 29.1 Å². The van der Waals surface area contributed by atoms with E-state index in [1.54, 1.807) is 0 Å². The van der Waals surface area contributed by atoms with E-state index in [9.17, 15) is 4.79 Å². The van der Waals surface area contributed by atoms with Crippen LogP contribution < -0.4 is 5.32 Å². The molecular formula is C15H21NO. The summed E-state index contributed by atoms with van der Waals surface area (Å²) in [7, 11) is 0. The molecule has 1 aromatic rings. The van der Waals surface area contributed by atoms with E-state index in [-0.39, 0.29) is 5.91 Å². The molecule has 1 N–H and O–H groups in total. The summed E-state index contributed by atoms with van der Waals surface area (Å²) in [6.07, 6.45) is 1.96. The second-order valence-electron chi connectivity index (χ2n) is 5.32. The lowest BCUT2D eigenvalue weighted by atomic mass is 9.65. The molecule has 0 aromatic heterocycles. The number of hydrogen-bond acceptors (Lipinski definition) is 1. The summed E-state index contributed by atoms with van der Waals surface area (Å²) in [6.45, 7) is 5.14. The maximum atomic E-state index is 11.8. The molecule has 2 nitrogen and oxygen atoms in total. The smallest absolute Gasteiger partial charge is 0.220 e. The molecule has 0 bridgehead atoms. The number of rotatable bonds is 4. The molecule has 1 aliphatic rings. The minimum atomic E-state index is 0.192. The second-order valence-corrected chi connectivity index (χ2v) is 5.32. The van der Waals surface area contributed by atoms with Gasteiger partial charge in [0.1, 0.15) is 0 Å². The highest BCUT2D eigenvalue weighted by atomic mass is 16.1. The van der Waals surface area contributed by atoms with E-state index in [1.165, 1.54) is 6.42 Å². The molecule has 1 amide bonds. The standard InChI is InChI=1S/C15H21NO/c1-11-8-12(2)14(11)9-15(17)16-10-13-6-4-3-5-7-13/h3-7,11-12,14H,8-10H2,1-2H3,(H,16,17). The van der Waals surface area contributed by atoms with Crippen LogP contribution in [0.4, 0.5) is 0 Å². The Morgan fingerprint density at radius 3 is 2.47 bits per heavy atom. The Bertz CT molecular complexity index is 366. The van der Waals surface area contributed by atoms with Gasteiger partial charge in [0, 0.05) is 13.0 Å². The van der Waals surface area contributed by atoms with Gasteiger partial charge in [-0.1, -0.05) is 44.2 Å². The number of amides is 1. The predicted molar refractivity (Wildman–Crippen MR) is 69.3 cm³/mol. The average molecular weight is 231 g/mol. The van der Waals surface area contributed by atoms with Crippen LogP contribution in [0.1, 0.15) is 32.3 Å². The first-order valence-corrected chi connectivity index (χ1v) is 6.47. The number of carbonyl (C=O) groups excluding carboxylic acids is 1. The quantitative estimate of drug-likeness (QED) is 0.848. The van der Waals surface area contributed by atoms with Crippen molar-refractivity contribution in [3.8, 4) is 0 Å². The molecule has 17 heavy (non-hydrogen) atoms. The molecule has 2 unspecified atom stereocenters. The summed E-state index contributed by atoms with van der Waals surface area (Å²) in [5.41, 5.74) is 1.16. The first-order valence-electron chi connectivity index (χ1n) is 6.47. The van der Waals surface area contributed by atoms with Crippen LogP contribution in [0.3, 0.4) is 0 Å². The van der Waals surface area contributed by atoms with E-state index in [2.05, 4.69) is 19.2 Å². The molecule has 1 saturated carbocycles. The van der Waals surface area contributed by atoms with Gasteiger partial charge in [-0.05, 0) is 29.7 Å². The monoisotopic (exact) mass is 231 g/mol. The largest absolute Gasteiger partial charge is 0.352 e. The normalized spacial score (nSPS) is 27.3. The van der Waals surface area contributed by atoms with Crippen LogP contribution in [0, 0.1) is 17.8 Å². The third kappa shape index (κ3) is 3.09. The molecule has 0 spiro atoms. The third-order valence-corrected chi connectivity index (χ3v) is 3.96. The summed E-state index contributed by atoms with van der Waals surface area (Å²) in [4.78, 5) is 11.8. The van der Waals surface area contributed by atoms with Crippen molar-refractivity contribution in [2.75, 3.05) is 0 Å². The summed E-state index contributed by atoms with van der Waals surface area (Å²) in [5.74, 6) is 2.21. The average Bonchev–Trinajstić information content (AvgIpc) is 2.35. The van der Waals surface area contributed by atoms with Crippen LogP contribution in [0.2, 0.25) is 0 Å². The molecule has 2 atom stereocenters. The number of carbonyl (C=O) groups is 1. The summed E-state index contributed by atoms with van der Waals surface area (Å²) >= 11 is 0. The van der Waals surface area contributed by atoms with Crippen LogP contribution in [0.25, 0.3) is 0 Å². The number of benzene rings is 1. The zero-order valence-electron chi connectivity index (χ0n) is 10.6.